The predicted octanol–water partition coefficient (Wildman–Crippen LogP) is 2.20. The highest BCUT2D eigenvalue weighted by atomic mass is 16.5. The summed E-state index contributed by atoms with van der Waals surface area (Å²) >= 11 is 0. The van der Waals surface area contributed by atoms with Crippen molar-refractivity contribution < 1.29 is 5.21 Å². The van der Waals surface area contributed by atoms with Gasteiger partial charge in [0.2, 0.25) is 0 Å². The molecule has 76 valence electrons. The SMILES string of the molecule is C[C@]12CC[C@H](C=C1NO)[C@@]2(C)CC#N. The molecule has 3 nitrogen and oxygen atoms in total. The molecule has 2 N–H and O–H groups in total. The molecule has 0 aliphatic heterocycles. The minimum absolute atomic E-state index is 0.00676. The molecule has 0 heterocycles. The van der Waals surface area contributed by atoms with Crippen LogP contribution in [0.5, 0.6) is 0 Å². The van der Waals surface area contributed by atoms with Crippen LogP contribution in [-0.4, -0.2) is 5.21 Å². The van der Waals surface area contributed by atoms with Crippen molar-refractivity contribution in [3.63, 3.8) is 0 Å². The normalized spacial score (nSPS) is 44.7. The van der Waals surface area contributed by atoms with Gasteiger partial charge in [0, 0.05) is 17.5 Å². The van der Waals surface area contributed by atoms with E-state index in [0.717, 1.165) is 18.5 Å². The van der Waals surface area contributed by atoms with Crippen LogP contribution in [-0.2, 0) is 0 Å². The summed E-state index contributed by atoms with van der Waals surface area (Å²) in [4.78, 5) is 0. The quantitative estimate of drug-likeness (QED) is 0.659. The Morgan fingerprint density at radius 1 is 1.71 bits per heavy atom. The Kier molecular flexibility index (Phi) is 1.87. The average Bonchev–Trinajstić information content (AvgIpc) is 2.51. The molecule has 14 heavy (non-hydrogen) atoms. The number of rotatable bonds is 2. The maximum Gasteiger partial charge on any atom is 0.0628 e. The van der Waals surface area contributed by atoms with Gasteiger partial charge in [-0.15, -0.1) is 0 Å². The fraction of sp³-hybridized carbons (Fsp3) is 0.727. The van der Waals surface area contributed by atoms with Crippen molar-refractivity contribution in [3.05, 3.63) is 11.8 Å². The molecule has 0 spiro atoms. The molecule has 2 aliphatic carbocycles. The van der Waals surface area contributed by atoms with Gasteiger partial charge < -0.3 is 0 Å². The third-order valence-corrected chi connectivity index (χ3v) is 4.56. The number of allylic oxidation sites excluding steroid dienone is 2. The summed E-state index contributed by atoms with van der Waals surface area (Å²) in [5.74, 6) is 0.446. The van der Waals surface area contributed by atoms with Crippen molar-refractivity contribution in [1.82, 2.24) is 5.48 Å². The van der Waals surface area contributed by atoms with Gasteiger partial charge in [-0.25, -0.2) is 0 Å². The first-order valence-corrected chi connectivity index (χ1v) is 5.08. The summed E-state index contributed by atoms with van der Waals surface area (Å²) in [5, 5.41) is 17.9. The van der Waals surface area contributed by atoms with E-state index in [0.29, 0.717) is 12.3 Å². The van der Waals surface area contributed by atoms with E-state index < -0.39 is 0 Å². The molecular formula is C11H16N2O. The highest BCUT2D eigenvalue weighted by molar-refractivity contribution is 5.31. The molecule has 0 saturated heterocycles. The zero-order chi connectivity index (χ0) is 10.4. The average molecular weight is 192 g/mol. The molecule has 1 fully saturated rings. The van der Waals surface area contributed by atoms with Crippen molar-refractivity contribution in [3.8, 4) is 6.07 Å². The van der Waals surface area contributed by atoms with Crippen LogP contribution in [0.3, 0.4) is 0 Å². The number of hydrogen-bond donors (Lipinski definition) is 2. The molecule has 0 aromatic carbocycles. The lowest BCUT2D eigenvalue weighted by Gasteiger charge is -2.38. The summed E-state index contributed by atoms with van der Waals surface area (Å²) in [5.41, 5.74) is 3.18. The molecule has 0 amide bonds. The van der Waals surface area contributed by atoms with E-state index in [1.54, 1.807) is 0 Å². The summed E-state index contributed by atoms with van der Waals surface area (Å²) in [7, 11) is 0. The Morgan fingerprint density at radius 3 is 2.93 bits per heavy atom. The maximum atomic E-state index is 9.05. The molecule has 0 aromatic heterocycles. The third-order valence-electron chi connectivity index (χ3n) is 4.56. The molecule has 1 saturated carbocycles. The number of nitrogens with zero attached hydrogens (tertiary/aromatic N) is 1. The van der Waals surface area contributed by atoms with Crippen LogP contribution < -0.4 is 5.48 Å². The summed E-state index contributed by atoms with van der Waals surface area (Å²) in [6, 6.07) is 2.28. The molecule has 2 aliphatic rings. The van der Waals surface area contributed by atoms with Gasteiger partial charge in [-0.1, -0.05) is 19.9 Å². The molecule has 3 atom stereocenters. The second kappa shape index (κ2) is 2.74. The van der Waals surface area contributed by atoms with Gasteiger partial charge in [0.15, 0.2) is 0 Å². The van der Waals surface area contributed by atoms with Gasteiger partial charge in [-0.05, 0) is 24.2 Å². The van der Waals surface area contributed by atoms with Crippen molar-refractivity contribution in [2.75, 3.05) is 0 Å². The van der Waals surface area contributed by atoms with Gasteiger partial charge in [-0.2, -0.15) is 5.26 Å². The van der Waals surface area contributed by atoms with Gasteiger partial charge in [-0.3, -0.25) is 10.7 Å². The maximum absolute atomic E-state index is 9.05. The van der Waals surface area contributed by atoms with Crippen molar-refractivity contribution >= 4 is 0 Å². The molecule has 0 unspecified atom stereocenters. The van der Waals surface area contributed by atoms with E-state index in [4.69, 9.17) is 10.5 Å². The van der Waals surface area contributed by atoms with Crippen LogP contribution >= 0.6 is 0 Å². The monoisotopic (exact) mass is 192 g/mol. The fourth-order valence-electron chi connectivity index (χ4n) is 3.20. The van der Waals surface area contributed by atoms with Crippen molar-refractivity contribution in [2.45, 2.75) is 33.1 Å². The van der Waals surface area contributed by atoms with Gasteiger partial charge in [0.05, 0.1) is 6.07 Å². The first kappa shape index (κ1) is 9.54. The molecule has 2 rings (SSSR count). The number of nitriles is 1. The Labute approximate surface area is 84.4 Å². The van der Waals surface area contributed by atoms with Crippen LogP contribution in [0.25, 0.3) is 0 Å². The first-order chi connectivity index (χ1) is 6.58. The van der Waals surface area contributed by atoms with Crippen LogP contribution in [0.15, 0.2) is 11.8 Å². The standard InChI is InChI=1S/C11H16N2O/c1-10(5-6-12)8-3-4-11(10,2)9(7-8)13-14/h7-8,13-14H,3-5H2,1-2H3/t8-,10-,11+/m1/s1. The first-order valence-electron chi connectivity index (χ1n) is 5.08. The van der Waals surface area contributed by atoms with Crippen LogP contribution in [0.4, 0.5) is 0 Å². The minimum Gasteiger partial charge on any atom is -0.291 e. The lowest BCUT2D eigenvalue weighted by molar-refractivity contribution is 0.103. The van der Waals surface area contributed by atoms with Crippen molar-refractivity contribution in [1.29, 1.82) is 5.26 Å². The number of nitrogens with one attached hydrogen (secondary N) is 1. The second-order valence-electron chi connectivity index (χ2n) is 4.92. The van der Waals surface area contributed by atoms with Crippen LogP contribution in [0.1, 0.15) is 33.1 Å². The van der Waals surface area contributed by atoms with Crippen LogP contribution in [0.2, 0.25) is 0 Å². The Hall–Kier alpha value is -1.01. The summed E-state index contributed by atoms with van der Waals surface area (Å²) in [6.45, 7) is 4.31. The fourth-order valence-corrected chi connectivity index (χ4v) is 3.20. The van der Waals surface area contributed by atoms with Gasteiger partial charge in [0.25, 0.3) is 0 Å². The van der Waals surface area contributed by atoms with E-state index in [2.05, 4.69) is 31.5 Å². The number of hydroxylamine groups is 1. The molecule has 0 radical (unpaired) electrons. The number of hydrogen-bond acceptors (Lipinski definition) is 3. The van der Waals surface area contributed by atoms with E-state index in [1.165, 1.54) is 0 Å². The lowest BCUT2D eigenvalue weighted by Crippen LogP contribution is -2.36. The van der Waals surface area contributed by atoms with E-state index in [1.807, 2.05) is 0 Å². The second-order valence-corrected chi connectivity index (χ2v) is 4.92. The van der Waals surface area contributed by atoms with E-state index >= 15 is 0 Å². The highest BCUT2D eigenvalue weighted by Crippen LogP contribution is 2.65. The Bertz CT molecular complexity index is 331. The highest BCUT2D eigenvalue weighted by Gasteiger charge is 2.59. The van der Waals surface area contributed by atoms with Crippen LogP contribution in [0, 0.1) is 28.1 Å². The minimum atomic E-state index is -0.0395. The van der Waals surface area contributed by atoms with Gasteiger partial charge >= 0.3 is 0 Å². The molecular weight excluding hydrogens is 176 g/mol. The zero-order valence-corrected chi connectivity index (χ0v) is 8.67. The largest absolute Gasteiger partial charge is 0.291 e. The topological polar surface area (TPSA) is 56.0 Å². The van der Waals surface area contributed by atoms with E-state index in [9.17, 15) is 0 Å². The lowest BCUT2D eigenvalue weighted by atomic mass is 9.66. The molecule has 0 aromatic rings. The number of fused-ring (bicyclic) bond motifs is 2. The predicted molar refractivity (Wildman–Crippen MR) is 52.2 cm³/mol. The summed E-state index contributed by atoms with van der Waals surface area (Å²) < 4.78 is 0. The molecule has 2 bridgehead atoms. The van der Waals surface area contributed by atoms with Gasteiger partial charge in [0.1, 0.15) is 0 Å². The smallest absolute Gasteiger partial charge is 0.0628 e. The van der Waals surface area contributed by atoms with E-state index in [-0.39, 0.29) is 10.8 Å². The Morgan fingerprint density at radius 2 is 2.43 bits per heavy atom. The molecule has 3 heteroatoms. The Balaban J connectivity index is 2.39. The summed E-state index contributed by atoms with van der Waals surface area (Å²) in [6.07, 6.45) is 4.87. The zero-order valence-electron chi connectivity index (χ0n) is 8.67. The third kappa shape index (κ3) is 0.847. The van der Waals surface area contributed by atoms with Crippen molar-refractivity contribution in [2.24, 2.45) is 16.7 Å².